The Kier molecular flexibility index (Phi) is 15.5. The van der Waals surface area contributed by atoms with E-state index in [0.29, 0.717) is 13.2 Å². The van der Waals surface area contributed by atoms with E-state index in [9.17, 15) is 0 Å². The molecule has 1 rings (SSSR count). The predicted molar refractivity (Wildman–Crippen MR) is 120 cm³/mol. The monoisotopic (exact) mass is 478 g/mol. The topological polar surface area (TPSA) is 58.1 Å². The SMILES string of the molecule is CCCNC(=NCc1cccc(OCCN(C)CCOC)c1)NCC.I. The van der Waals surface area contributed by atoms with E-state index in [1.807, 2.05) is 12.1 Å². The lowest BCUT2D eigenvalue weighted by atomic mass is 10.2. The third-order valence-electron chi connectivity index (χ3n) is 3.62. The van der Waals surface area contributed by atoms with Gasteiger partial charge in [-0.1, -0.05) is 19.1 Å². The van der Waals surface area contributed by atoms with E-state index in [0.717, 1.165) is 56.5 Å². The fraction of sp³-hybridized carbons (Fsp3) is 0.632. The van der Waals surface area contributed by atoms with Crippen molar-refractivity contribution >= 4 is 29.9 Å². The summed E-state index contributed by atoms with van der Waals surface area (Å²) in [5, 5.41) is 6.57. The lowest BCUT2D eigenvalue weighted by molar-refractivity contribution is 0.150. The van der Waals surface area contributed by atoms with Crippen LogP contribution in [0.15, 0.2) is 29.3 Å². The number of guanidine groups is 1. The Morgan fingerprint density at radius 2 is 1.92 bits per heavy atom. The van der Waals surface area contributed by atoms with Gasteiger partial charge in [0.05, 0.1) is 13.2 Å². The molecule has 0 aliphatic rings. The molecule has 0 atom stereocenters. The Bertz CT molecular complexity index is 500. The summed E-state index contributed by atoms with van der Waals surface area (Å²) in [7, 11) is 3.79. The Hall–Kier alpha value is -1.06. The first-order valence-electron chi connectivity index (χ1n) is 9.11. The third kappa shape index (κ3) is 11.5. The van der Waals surface area contributed by atoms with Crippen LogP contribution in [0.3, 0.4) is 0 Å². The number of hydrogen-bond acceptors (Lipinski definition) is 4. The summed E-state index contributed by atoms with van der Waals surface area (Å²) in [6, 6.07) is 8.14. The molecule has 0 aliphatic carbocycles. The second-order valence-electron chi connectivity index (χ2n) is 5.91. The summed E-state index contributed by atoms with van der Waals surface area (Å²) in [4.78, 5) is 6.82. The van der Waals surface area contributed by atoms with Crippen molar-refractivity contribution < 1.29 is 9.47 Å². The Labute approximate surface area is 175 Å². The molecule has 1 aromatic rings. The minimum absolute atomic E-state index is 0. The third-order valence-corrected chi connectivity index (χ3v) is 3.62. The van der Waals surface area contributed by atoms with Crippen molar-refractivity contribution in [3.63, 3.8) is 0 Å². The van der Waals surface area contributed by atoms with Crippen LogP contribution in [0.4, 0.5) is 0 Å². The van der Waals surface area contributed by atoms with Crippen molar-refractivity contribution in [3.8, 4) is 5.75 Å². The zero-order chi connectivity index (χ0) is 18.3. The molecule has 0 aliphatic heterocycles. The van der Waals surface area contributed by atoms with Crippen LogP contribution in [0.5, 0.6) is 5.75 Å². The molecule has 1 aromatic carbocycles. The molecule has 0 fully saturated rings. The van der Waals surface area contributed by atoms with Crippen LogP contribution in [0.25, 0.3) is 0 Å². The molecule has 2 N–H and O–H groups in total. The van der Waals surface area contributed by atoms with Gasteiger partial charge in [0.2, 0.25) is 0 Å². The highest BCUT2D eigenvalue weighted by Gasteiger charge is 2.01. The second-order valence-corrected chi connectivity index (χ2v) is 5.91. The average Bonchev–Trinajstić information content (AvgIpc) is 2.62. The summed E-state index contributed by atoms with van der Waals surface area (Å²) in [5.41, 5.74) is 1.14. The van der Waals surface area contributed by atoms with Gasteiger partial charge in [0, 0.05) is 33.3 Å². The van der Waals surface area contributed by atoms with Gasteiger partial charge >= 0.3 is 0 Å². The number of halogens is 1. The van der Waals surface area contributed by atoms with Crippen molar-refractivity contribution in [1.82, 2.24) is 15.5 Å². The summed E-state index contributed by atoms with van der Waals surface area (Å²) < 4.78 is 10.9. The van der Waals surface area contributed by atoms with E-state index >= 15 is 0 Å². The van der Waals surface area contributed by atoms with Crippen LogP contribution >= 0.6 is 24.0 Å². The van der Waals surface area contributed by atoms with Gasteiger partial charge in [-0.05, 0) is 38.1 Å². The van der Waals surface area contributed by atoms with E-state index in [-0.39, 0.29) is 24.0 Å². The van der Waals surface area contributed by atoms with Crippen molar-refractivity contribution in [1.29, 1.82) is 0 Å². The highest BCUT2D eigenvalue weighted by Crippen LogP contribution is 2.14. The number of likely N-dealkylation sites (N-methyl/N-ethyl adjacent to an activating group) is 1. The van der Waals surface area contributed by atoms with E-state index in [4.69, 9.17) is 9.47 Å². The first kappa shape index (κ1) is 24.9. The highest BCUT2D eigenvalue weighted by molar-refractivity contribution is 14.0. The normalized spacial score (nSPS) is 11.2. The van der Waals surface area contributed by atoms with Crippen molar-refractivity contribution in [2.24, 2.45) is 4.99 Å². The zero-order valence-electron chi connectivity index (χ0n) is 16.6. The van der Waals surface area contributed by atoms with E-state index in [1.165, 1.54) is 0 Å². The molecule has 26 heavy (non-hydrogen) atoms. The van der Waals surface area contributed by atoms with E-state index < -0.39 is 0 Å². The van der Waals surface area contributed by atoms with E-state index in [2.05, 4.69) is 53.6 Å². The molecule has 0 unspecified atom stereocenters. The quantitative estimate of drug-likeness (QED) is 0.275. The fourth-order valence-corrected chi connectivity index (χ4v) is 2.17. The van der Waals surface area contributed by atoms with Gasteiger partial charge < -0.3 is 25.0 Å². The van der Waals surface area contributed by atoms with Crippen LogP contribution in [-0.2, 0) is 11.3 Å². The van der Waals surface area contributed by atoms with Crippen molar-refractivity contribution in [2.45, 2.75) is 26.8 Å². The lowest BCUT2D eigenvalue weighted by Gasteiger charge is -2.16. The molecule has 0 spiro atoms. The predicted octanol–water partition coefficient (Wildman–Crippen LogP) is 2.73. The first-order chi connectivity index (χ1) is 12.2. The molecule has 0 heterocycles. The van der Waals surface area contributed by atoms with Crippen LogP contribution in [0.2, 0.25) is 0 Å². The Balaban J connectivity index is 0.00000625. The molecule has 0 saturated carbocycles. The van der Waals surface area contributed by atoms with Crippen LogP contribution in [-0.4, -0.2) is 64.4 Å². The lowest BCUT2D eigenvalue weighted by Crippen LogP contribution is -2.37. The Morgan fingerprint density at radius 1 is 1.15 bits per heavy atom. The number of ether oxygens (including phenoxy) is 2. The highest BCUT2D eigenvalue weighted by atomic mass is 127. The van der Waals surface area contributed by atoms with Gasteiger partial charge in [0.25, 0.3) is 0 Å². The number of methoxy groups -OCH3 is 1. The van der Waals surface area contributed by atoms with Gasteiger partial charge in [0.1, 0.15) is 12.4 Å². The molecular formula is C19H35IN4O2. The molecule has 0 amide bonds. The largest absolute Gasteiger partial charge is 0.492 e. The van der Waals surface area contributed by atoms with Crippen LogP contribution in [0, 0.1) is 0 Å². The summed E-state index contributed by atoms with van der Waals surface area (Å²) >= 11 is 0. The average molecular weight is 478 g/mol. The molecule has 7 heteroatoms. The molecule has 0 bridgehead atoms. The number of nitrogens with one attached hydrogen (secondary N) is 2. The maximum absolute atomic E-state index is 5.85. The van der Waals surface area contributed by atoms with Gasteiger partial charge in [-0.15, -0.1) is 24.0 Å². The zero-order valence-corrected chi connectivity index (χ0v) is 18.9. The van der Waals surface area contributed by atoms with Crippen LogP contribution in [0.1, 0.15) is 25.8 Å². The number of nitrogens with zero attached hydrogens (tertiary/aromatic N) is 2. The molecule has 150 valence electrons. The second kappa shape index (κ2) is 16.1. The molecule has 0 saturated heterocycles. The molecule has 0 radical (unpaired) electrons. The Morgan fingerprint density at radius 3 is 2.62 bits per heavy atom. The number of hydrogen-bond donors (Lipinski definition) is 2. The smallest absolute Gasteiger partial charge is 0.191 e. The minimum atomic E-state index is 0. The maximum atomic E-state index is 5.85. The minimum Gasteiger partial charge on any atom is -0.492 e. The van der Waals surface area contributed by atoms with Gasteiger partial charge in [-0.2, -0.15) is 0 Å². The molecular weight excluding hydrogens is 443 g/mol. The molecule has 0 aromatic heterocycles. The van der Waals surface area contributed by atoms with Crippen LogP contribution < -0.4 is 15.4 Å². The van der Waals surface area contributed by atoms with Crippen molar-refractivity contribution in [3.05, 3.63) is 29.8 Å². The summed E-state index contributed by atoms with van der Waals surface area (Å²) in [5.74, 6) is 1.75. The number of rotatable bonds is 12. The summed E-state index contributed by atoms with van der Waals surface area (Å²) in [6.45, 7) is 9.80. The first-order valence-corrected chi connectivity index (χ1v) is 9.11. The van der Waals surface area contributed by atoms with Gasteiger partial charge in [0.15, 0.2) is 5.96 Å². The van der Waals surface area contributed by atoms with Crippen molar-refractivity contribution in [2.75, 3.05) is 53.6 Å². The summed E-state index contributed by atoms with van der Waals surface area (Å²) in [6.07, 6.45) is 1.08. The standard InChI is InChI=1S/C19H34N4O2.HI/c1-5-10-21-19(20-6-2)22-16-17-8-7-9-18(15-17)25-14-12-23(3)11-13-24-4;/h7-9,15H,5-6,10-14,16H2,1-4H3,(H2,20,21,22);1H. The molecule has 6 nitrogen and oxygen atoms in total. The van der Waals surface area contributed by atoms with Gasteiger partial charge in [-0.3, -0.25) is 0 Å². The fourth-order valence-electron chi connectivity index (χ4n) is 2.17. The number of benzene rings is 1. The van der Waals surface area contributed by atoms with Gasteiger partial charge in [-0.25, -0.2) is 4.99 Å². The number of aliphatic imine (C=N–C) groups is 1. The van der Waals surface area contributed by atoms with E-state index in [1.54, 1.807) is 7.11 Å². The maximum Gasteiger partial charge on any atom is 0.191 e.